The van der Waals surface area contributed by atoms with Crippen molar-refractivity contribution in [1.29, 1.82) is 0 Å². The third-order valence-corrected chi connectivity index (χ3v) is 4.09. The number of aromatic carboxylic acids is 1. The standard InChI is InChI=1S/C17H22N2O2/c1-5-13(6-2)16-10-15(17(20)21)18-19(16)14-8-7-11(3)12(4)9-14/h7-10,13H,5-6H2,1-4H3,(H,20,21). The highest BCUT2D eigenvalue weighted by molar-refractivity contribution is 5.85. The summed E-state index contributed by atoms with van der Waals surface area (Å²) in [5.41, 5.74) is 4.40. The van der Waals surface area contributed by atoms with Gasteiger partial charge >= 0.3 is 5.97 Å². The fourth-order valence-electron chi connectivity index (χ4n) is 2.56. The van der Waals surface area contributed by atoms with Crippen LogP contribution in [-0.4, -0.2) is 20.9 Å². The van der Waals surface area contributed by atoms with Crippen molar-refractivity contribution >= 4 is 5.97 Å². The Balaban J connectivity index is 2.59. The Morgan fingerprint density at radius 3 is 2.38 bits per heavy atom. The molecule has 0 amide bonds. The molecule has 112 valence electrons. The van der Waals surface area contributed by atoms with Crippen molar-refractivity contribution in [2.75, 3.05) is 0 Å². The number of rotatable bonds is 5. The molecule has 0 atom stereocenters. The number of aryl methyl sites for hydroxylation is 2. The van der Waals surface area contributed by atoms with Crippen molar-refractivity contribution in [1.82, 2.24) is 9.78 Å². The first-order valence-electron chi connectivity index (χ1n) is 7.38. The van der Waals surface area contributed by atoms with E-state index in [4.69, 9.17) is 0 Å². The van der Waals surface area contributed by atoms with E-state index in [1.807, 2.05) is 12.1 Å². The van der Waals surface area contributed by atoms with Crippen LogP contribution in [0, 0.1) is 13.8 Å². The van der Waals surface area contributed by atoms with Gasteiger partial charge in [-0.25, -0.2) is 9.48 Å². The van der Waals surface area contributed by atoms with Crippen LogP contribution in [0.15, 0.2) is 24.3 Å². The van der Waals surface area contributed by atoms with Gasteiger partial charge in [-0.3, -0.25) is 0 Å². The van der Waals surface area contributed by atoms with Gasteiger partial charge in [0.2, 0.25) is 0 Å². The van der Waals surface area contributed by atoms with Crippen molar-refractivity contribution in [3.05, 3.63) is 46.8 Å². The lowest BCUT2D eigenvalue weighted by molar-refractivity contribution is 0.0690. The van der Waals surface area contributed by atoms with E-state index < -0.39 is 5.97 Å². The lowest BCUT2D eigenvalue weighted by Gasteiger charge is -2.15. The van der Waals surface area contributed by atoms with Crippen molar-refractivity contribution in [2.45, 2.75) is 46.5 Å². The van der Waals surface area contributed by atoms with Gasteiger partial charge in [-0.1, -0.05) is 19.9 Å². The van der Waals surface area contributed by atoms with Gasteiger partial charge in [-0.15, -0.1) is 0 Å². The van der Waals surface area contributed by atoms with Gasteiger partial charge in [0.15, 0.2) is 5.69 Å². The van der Waals surface area contributed by atoms with Gasteiger partial charge in [-0.2, -0.15) is 5.10 Å². The molecular formula is C17H22N2O2. The summed E-state index contributed by atoms with van der Waals surface area (Å²) in [7, 11) is 0. The van der Waals surface area contributed by atoms with Gasteiger partial charge in [-0.05, 0) is 56.0 Å². The summed E-state index contributed by atoms with van der Waals surface area (Å²) < 4.78 is 1.79. The molecule has 2 aromatic rings. The van der Waals surface area contributed by atoms with E-state index in [0.29, 0.717) is 5.92 Å². The molecule has 2 rings (SSSR count). The predicted octanol–water partition coefficient (Wildman–Crippen LogP) is 4.09. The molecule has 1 aromatic heterocycles. The maximum atomic E-state index is 11.2. The van der Waals surface area contributed by atoms with E-state index in [2.05, 4.69) is 38.9 Å². The van der Waals surface area contributed by atoms with Crippen LogP contribution in [0.2, 0.25) is 0 Å². The number of aromatic nitrogens is 2. The lowest BCUT2D eigenvalue weighted by Crippen LogP contribution is -2.07. The van der Waals surface area contributed by atoms with E-state index in [1.54, 1.807) is 10.7 Å². The molecule has 1 N–H and O–H groups in total. The van der Waals surface area contributed by atoms with Crippen LogP contribution < -0.4 is 0 Å². The van der Waals surface area contributed by atoms with E-state index in [9.17, 15) is 9.90 Å². The van der Waals surface area contributed by atoms with Crippen LogP contribution in [0.3, 0.4) is 0 Å². The van der Waals surface area contributed by atoms with Crippen LogP contribution in [0.5, 0.6) is 0 Å². The number of carboxylic acid groups (broad SMARTS) is 1. The molecule has 0 fully saturated rings. The van der Waals surface area contributed by atoms with Crippen molar-refractivity contribution < 1.29 is 9.90 Å². The smallest absolute Gasteiger partial charge is 0.356 e. The van der Waals surface area contributed by atoms with Gasteiger partial charge < -0.3 is 5.11 Å². The normalized spacial score (nSPS) is 11.1. The average Bonchev–Trinajstić information content (AvgIpc) is 2.89. The Morgan fingerprint density at radius 2 is 1.86 bits per heavy atom. The summed E-state index contributed by atoms with van der Waals surface area (Å²) in [6, 6.07) is 7.80. The van der Waals surface area contributed by atoms with Gasteiger partial charge in [0.1, 0.15) is 0 Å². The minimum atomic E-state index is -0.982. The van der Waals surface area contributed by atoms with Gasteiger partial charge in [0.05, 0.1) is 5.69 Å². The van der Waals surface area contributed by atoms with Gasteiger partial charge in [0.25, 0.3) is 0 Å². The summed E-state index contributed by atoms with van der Waals surface area (Å²) in [5, 5.41) is 13.5. The first-order valence-corrected chi connectivity index (χ1v) is 7.38. The van der Waals surface area contributed by atoms with Crippen molar-refractivity contribution in [2.24, 2.45) is 0 Å². The summed E-state index contributed by atoms with van der Waals surface area (Å²) >= 11 is 0. The molecule has 1 aromatic carbocycles. The van der Waals surface area contributed by atoms with Crippen LogP contribution >= 0.6 is 0 Å². The molecule has 0 unspecified atom stereocenters. The zero-order chi connectivity index (χ0) is 15.6. The molecule has 0 bridgehead atoms. The zero-order valence-electron chi connectivity index (χ0n) is 13.1. The van der Waals surface area contributed by atoms with Gasteiger partial charge in [0, 0.05) is 11.6 Å². The van der Waals surface area contributed by atoms with Crippen molar-refractivity contribution in [3.63, 3.8) is 0 Å². The molecule has 0 saturated heterocycles. The second-order valence-electron chi connectivity index (χ2n) is 5.45. The molecule has 0 spiro atoms. The molecule has 0 aliphatic heterocycles. The van der Waals surface area contributed by atoms with E-state index in [1.165, 1.54) is 11.1 Å². The van der Waals surface area contributed by atoms with E-state index in [0.717, 1.165) is 24.2 Å². The largest absolute Gasteiger partial charge is 0.476 e. The first kappa shape index (κ1) is 15.3. The second kappa shape index (κ2) is 6.12. The lowest BCUT2D eigenvalue weighted by atomic mass is 9.98. The number of benzene rings is 1. The Kier molecular flexibility index (Phi) is 4.46. The van der Waals surface area contributed by atoms with E-state index in [-0.39, 0.29) is 5.69 Å². The highest BCUT2D eigenvalue weighted by atomic mass is 16.4. The fraction of sp³-hybridized carbons (Fsp3) is 0.412. The molecule has 0 aliphatic rings. The Labute approximate surface area is 125 Å². The predicted molar refractivity (Wildman–Crippen MR) is 83.3 cm³/mol. The van der Waals surface area contributed by atoms with Crippen LogP contribution in [0.25, 0.3) is 5.69 Å². The third kappa shape index (κ3) is 2.99. The molecule has 4 heteroatoms. The first-order chi connectivity index (χ1) is 9.97. The zero-order valence-corrected chi connectivity index (χ0v) is 13.1. The topological polar surface area (TPSA) is 55.1 Å². The number of carboxylic acids is 1. The Morgan fingerprint density at radius 1 is 1.19 bits per heavy atom. The summed E-state index contributed by atoms with van der Waals surface area (Å²) in [6.45, 7) is 8.35. The SMILES string of the molecule is CCC(CC)c1cc(C(=O)O)nn1-c1ccc(C)c(C)c1. The minimum Gasteiger partial charge on any atom is -0.476 e. The molecule has 0 saturated carbocycles. The average molecular weight is 286 g/mol. The second-order valence-corrected chi connectivity index (χ2v) is 5.45. The quantitative estimate of drug-likeness (QED) is 0.900. The van der Waals surface area contributed by atoms with Crippen LogP contribution in [0.1, 0.15) is 59.9 Å². The number of nitrogens with zero attached hydrogens (tertiary/aromatic N) is 2. The third-order valence-electron chi connectivity index (χ3n) is 4.09. The Hall–Kier alpha value is -2.10. The number of hydrogen-bond donors (Lipinski definition) is 1. The molecular weight excluding hydrogens is 264 g/mol. The Bertz CT molecular complexity index is 655. The molecule has 4 nitrogen and oxygen atoms in total. The van der Waals surface area contributed by atoms with Crippen molar-refractivity contribution in [3.8, 4) is 5.69 Å². The maximum Gasteiger partial charge on any atom is 0.356 e. The summed E-state index contributed by atoms with van der Waals surface area (Å²) in [4.78, 5) is 11.2. The molecule has 0 aliphatic carbocycles. The molecule has 0 radical (unpaired) electrons. The monoisotopic (exact) mass is 286 g/mol. The van der Waals surface area contributed by atoms with E-state index >= 15 is 0 Å². The summed E-state index contributed by atoms with van der Waals surface area (Å²) in [6.07, 6.45) is 1.93. The highest BCUT2D eigenvalue weighted by Gasteiger charge is 2.19. The number of hydrogen-bond acceptors (Lipinski definition) is 2. The minimum absolute atomic E-state index is 0.107. The highest BCUT2D eigenvalue weighted by Crippen LogP contribution is 2.27. The van der Waals surface area contributed by atoms with Crippen LogP contribution in [-0.2, 0) is 0 Å². The summed E-state index contributed by atoms with van der Waals surface area (Å²) in [5.74, 6) is -0.669. The fourth-order valence-corrected chi connectivity index (χ4v) is 2.56. The van der Waals surface area contributed by atoms with Crippen LogP contribution in [0.4, 0.5) is 0 Å². The molecule has 21 heavy (non-hydrogen) atoms. The number of carbonyl (C=O) groups is 1. The molecule has 1 heterocycles. The maximum absolute atomic E-state index is 11.2.